The average molecular weight is 250 g/mol. The van der Waals surface area contributed by atoms with Gasteiger partial charge in [-0.15, -0.1) is 0 Å². The zero-order chi connectivity index (χ0) is 13.5. The molecule has 0 spiro atoms. The lowest BCUT2D eigenvalue weighted by molar-refractivity contribution is -0.119. The molecule has 0 aliphatic carbocycles. The van der Waals surface area contributed by atoms with E-state index in [4.69, 9.17) is 6.57 Å². The van der Waals surface area contributed by atoms with Gasteiger partial charge in [-0.2, -0.15) is 0 Å². The van der Waals surface area contributed by atoms with Crippen molar-refractivity contribution in [3.05, 3.63) is 83.2 Å². The van der Waals surface area contributed by atoms with Crippen LogP contribution in [-0.4, -0.2) is 12.5 Å². The molecule has 1 amide bonds. The minimum atomic E-state index is -0.257. The van der Waals surface area contributed by atoms with Crippen molar-refractivity contribution in [3.63, 3.8) is 0 Å². The van der Waals surface area contributed by atoms with Gasteiger partial charge in [0, 0.05) is 0 Å². The minimum Gasteiger partial charge on any atom is -0.339 e. The number of nitrogens with one attached hydrogen (secondary N) is 1. The fourth-order valence-corrected chi connectivity index (χ4v) is 1.93. The van der Waals surface area contributed by atoms with Crippen molar-refractivity contribution in [2.24, 2.45) is 0 Å². The maximum Gasteiger partial charge on any atom is 0.300 e. The van der Waals surface area contributed by atoms with Crippen LogP contribution >= 0.6 is 0 Å². The largest absolute Gasteiger partial charge is 0.339 e. The smallest absolute Gasteiger partial charge is 0.300 e. The van der Waals surface area contributed by atoms with Gasteiger partial charge in [-0.3, -0.25) is 4.79 Å². The number of hydrogen-bond donors (Lipinski definition) is 1. The molecule has 0 saturated carbocycles. The molecule has 0 unspecified atom stereocenters. The Labute approximate surface area is 112 Å². The van der Waals surface area contributed by atoms with Crippen LogP contribution in [0.1, 0.15) is 17.2 Å². The van der Waals surface area contributed by atoms with E-state index in [-0.39, 0.29) is 18.5 Å². The van der Waals surface area contributed by atoms with Crippen molar-refractivity contribution >= 4 is 5.91 Å². The zero-order valence-electron chi connectivity index (χ0n) is 10.4. The van der Waals surface area contributed by atoms with Gasteiger partial charge in [-0.05, 0) is 11.1 Å². The second-order valence-electron chi connectivity index (χ2n) is 4.14. The molecule has 2 aromatic carbocycles. The highest BCUT2D eigenvalue weighted by Crippen LogP contribution is 2.21. The van der Waals surface area contributed by atoms with Gasteiger partial charge in [0.2, 0.25) is 0 Å². The van der Waals surface area contributed by atoms with Crippen LogP contribution in [0.4, 0.5) is 0 Å². The van der Waals surface area contributed by atoms with E-state index in [1.165, 1.54) is 0 Å². The van der Waals surface area contributed by atoms with Gasteiger partial charge in [-0.1, -0.05) is 60.7 Å². The Morgan fingerprint density at radius 3 is 1.89 bits per heavy atom. The third-order valence-electron chi connectivity index (χ3n) is 2.79. The topological polar surface area (TPSA) is 33.5 Å². The van der Waals surface area contributed by atoms with E-state index >= 15 is 0 Å². The summed E-state index contributed by atoms with van der Waals surface area (Å²) in [5.74, 6) is -0.257. The molecular formula is C16H14N2O. The molecule has 2 rings (SSSR count). The molecule has 1 N–H and O–H groups in total. The molecule has 2 aromatic rings. The van der Waals surface area contributed by atoms with E-state index in [0.29, 0.717) is 0 Å². The molecule has 0 fully saturated rings. The van der Waals surface area contributed by atoms with Crippen LogP contribution in [0.15, 0.2) is 60.7 Å². The lowest BCUT2D eigenvalue weighted by Crippen LogP contribution is -2.30. The summed E-state index contributed by atoms with van der Waals surface area (Å²) < 4.78 is 0. The van der Waals surface area contributed by atoms with Gasteiger partial charge >= 0.3 is 5.91 Å². The van der Waals surface area contributed by atoms with Gasteiger partial charge < -0.3 is 10.2 Å². The molecule has 0 aromatic heterocycles. The van der Waals surface area contributed by atoms with Crippen LogP contribution in [0.25, 0.3) is 4.85 Å². The fraction of sp³-hybridized carbons (Fsp3) is 0.125. The highest BCUT2D eigenvalue weighted by Gasteiger charge is 2.17. The van der Waals surface area contributed by atoms with E-state index in [1.54, 1.807) is 0 Å². The molecule has 3 nitrogen and oxygen atoms in total. The number of rotatable bonds is 4. The van der Waals surface area contributed by atoms with Crippen molar-refractivity contribution in [1.29, 1.82) is 0 Å². The SMILES string of the molecule is [C-]#[N+]CC(=O)NC(c1ccccc1)c1ccccc1. The Hall–Kier alpha value is -2.60. The second-order valence-corrected chi connectivity index (χ2v) is 4.14. The summed E-state index contributed by atoms with van der Waals surface area (Å²) in [5.41, 5.74) is 2.01. The number of hydrogen-bond acceptors (Lipinski definition) is 1. The highest BCUT2D eigenvalue weighted by molar-refractivity contribution is 5.80. The van der Waals surface area contributed by atoms with Crippen LogP contribution < -0.4 is 5.32 Å². The Morgan fingerprint density at radius 1 is 1.00 bits per heavy atom. The fourth-order valence-electron chi connectivity index (χ4n) is 1.93. The van der Waals surface area contributed by atoms with Crippen LogP contribution in [0, 0.1) is 6.57 Å². The van der Waals surface area contributed by atoms with Crippen molar-refractivity contribution in [2.75, 3.05) is 6.54 Å². The Morgan fingerprint density at radius 2 is 1.47 bits per heavy atom. The van der Waals surface area contributed by atoms with Crippen molar-refractivity contribution in [3.8, 4) is 0 Å². The zero-order valence-corrected chi connectivity index (χ0v) is 10.4. The molecule has 94 valence electrons. The second kappa shape index (κ2) is 6.36. The number of carbonyl (C=O) groups is 1. The molecule has 3 heteroatoms. The van der Waals surface area contributed by atoms with E-state index < -0.39 is 0 Å². The standard InChI is InChI=1S/C16H14N2O/c1-17-12-15(19)18-16(13-8-4-2-5-9-13)14-10-6-3-7-11-14/h2-11,16H,12H2,(H,18,19). The maximum absolute atomic E-state index is 11.7. The third kappa shape index (κ3) is 3.43. The van der Waals surface area contributed by atoms with E-state index in [0.717, 1.165) is 11.1 Å². The van der Waals surface area contributed by atoms with Crippen LogP contribution in [0.5, 0.6) is 0 Å². The van der Waals surface area contributed by atoms with Crippen molar-refractivity contribution < 1.29 is 4.79 Å². The van der Waals surface area contributed by atoms with Crippen LogP contribution in [-0.2, 0) is 4.79 Å². The molecule has 0 atom stereocenters. The Kier molecular flexibility index (Phi) is 4.30. The summed E-state index contributed by atoms with van der Waals surface area (Å²) in [4.78, 5) is 14.8. The summed E-state index contributed by atoms with van der Waals surface area (Å²) >= 11 is 0. The number of carbonyl (C=O) groups excluding carboxylic acids is 1. The Bertz CT molecular complexity index is 533. The van der Waals surface area contributed by atoms with Gasteiger partial charge in [0.15, 0.2) is 0 Å². The number of nitrogens with zero attached hydrogens (tertiary/aromatic N) is 1. The normalized spacial score (nSPS) is 9.89. The quantitative estimate of drug-likeness (QED) is 0.832. The van der Waals surface area contributed by atoms with E-state index in [1.807, 2.05) is 60.7 Å². The molecule has 0 radical (unpaired) electrons. The highest BCUT2D eigenvalue weighted by atomic mass is 16.1. The van der Waals surface area contributed by atoms with Crippen molar-refractivity contribution in [1.82, 2.24) is 5.32 Å². The minimum absolute atomic E-state index is 0.143. The Balaban J connectivity index is 2.30. The summed E-state index contributed by atoms with van der Waals surface area (Å²) in [6.07, 6.45) is 0. The predicted octanol–water partition coefficient (Wildman–Crippen LogP) is 2.81. The first-order valence-corrected chi connectivity index (χ1v) is 6.03. The molecule has 0 heterocycles. The molecule has 19 heavy (non-hydrogen) atoms. The van der Waals surface area contributed by atoms with E-state index in [2.05, 4.69) is 10.2 Å². The summed E-state index contributed by atoms with van der Waals surface area (Å²) in [5, 5.41) is 2.90. The first kappa shape index (κ1) is 12.8. The van der Waals surface area contributed by atoms with E-state index in [9.17, 15) is 4.79 Å². The van der Waals surface area contributed by atoms with Gasteiger partial charge in [0.05, 0.1) is 6.04 Å². The summed E-state index contributed by atoms with van der Waals surface area (Å²) in [6, 6.07) is 19.3. The van der Waals surface area contributed by atoms with Crippen molar-refractivity contribution in [2.45, 2.75) is 6.04 Å². The summed E-state index contributed by atoms with van der Waals surface area (Å²) in [7, 11) is 0. The average Bonchev–Trinajstić information content (AvgIpc) is 2.47. The molecule has 0 aliphatic heterocycles. The van der Waals surface area contributed by atoms with Gasteiger partial charge in [0.25, 0.3) is 6.54 Å². The maximum atomic E-state index is 11.7. The lowest BCUT2D eigenvalue weighted by atomic mass is 9.99. The molecule has 0 saturated heterocycles. The molecular weight excluding hydrogens is 236 g/mol. The van der Waals surface area contributed by atoms with Gasteiger partial charge in [-0.25, -0.2) is 6.57 Å². The van der Waals surface area contributed by atoms with Crippen LogP contribution in [0.2, 0.25) is 0 Å². The predicted molar refractivity (Wildman–Crippen MR) is 74.3 cm³/mol. The molecule has 0 aliphatic rings. The third-order valence-corrected chi connectivity index (χ3v) is 2.79. The monoisotopic (exact) mass is 250 g/mol. The number of amides is 1. The number of benzene rings is 2. The molecule has 0 bridgehead atoms. The van der Waals surface area contributed by atoms with Gasteiger partial charge in [0.1, 0.15) is 0 Å². The first-order valence-electron chi connectivity index (χ1n) is 6.03. The lowest BCUT2D eigenvalue weighted by Gasteiger charge is -2.18. The first-order chi connectivity index (χ1) is 9.31. The van der Waals surface area contributed by atoms with Crippen LogP contribution in [0.3, 0.4) is 0 Å². The summed E-state index contributed by atoms with van der Waals surface area (Å²) in [6.45, 7) is 6.61.